The minimum atomic E-state index is 0.451. The minimum Gasteiger partial charge on any atom is -0.494 e. The highest BCUT2D eigenvalue weighted by molar-refractivity contribution is 5.36. The van der Waals surface area contributed by atoms with Gasteiger partial charge in [-0.25, -0.2) is 0 Å². The Hall–Kier alpha value is -1.53. The number of aryl methyl sites for hydroxylation is 1. The Bertz CT molecular complexity index is 382. The van der Waals surface area contributed by atoms with E-state index in [9.17, 15) is 0 Å². The molecule has 0 bridgehead atoms. The summed E-state index contributed by atoms with van der Waals surface area (Å²) in [6.07, 6.45) is 0. The molecule has 0 heterocycles. The van der Waals surface area contributed by atoms with E-state index in [1.165, 1.54) is 5.56 Å². The number of rotatable bonds is 5. The van der Waals surface area contributed by atoms with Gasteiger partial charge in [-0.1, -0.05) is 12.1 Å². The highest BCUT2D eigenvalue weighted by atomic mass is 16.5. The zero-order valence-corrected chi connectivity index (χ0v) is 10.2. The molecule has 86 valence electrons. The molecule has 0 saturated heterocycles. The lowest BCUT2D eigenvalue weighted by molar-refractivity contribution is 0.336. The summed E-state index contributed by atoms with van der Waals surface area (Å²) in [7, 11) is 1.94. The predicted octanol–water partition coefficient (Wildman–Crippen LogP) is 2.35. The van der Waals surface area contributed by atoms with Crippen molar-refractivity contribution in [1.82, 2.24) is 4.90 Å². The Kier molecular flexibility index (Phi) is 4.81. The van der Waals surface area contributed by atoms with E-state index in [2.05, 4.69) is 12.1 Å². The van der Waals surface area contributed by atoms with Crippen molar-refractivity contribution in [3.05, 3.63) is 29.3 Å². The molecule has 3 heteroatoms. The Morgan fingerprint density at radius 1 is 1.44 bits per heavy atom. The summed E-state index contributed by atoms with van der Waals surface area (Å²) in [5, 5.41) is 8.57. The Morgan fingerprint density at radius 3 is 2.75 bits per heavy atom. The van der Waals surface area contributed by atoms with Crippen molar-refractivity contribution in [3.63, 3.8) is 0 Å². The van der Waals surface area contributed by atoms with Crippen molar-refractivity contribution < 1.29 is 4.74 Å². The molecule has 0 amide bonds. The first-order chi connectivity index (χ1) is 7.67. The molecular formula is C13H18N2O. The van der Waals surface area contributed by atoms with Crippen LogP contribution in [0.3, 0.4) is 0 Å². The molecule has 0 aromatic heterocycles. The minimum absolute atomic E-state index is 0.451. The van der Waals surface area contributed by atoms with E-state index in [4.69, 9.17) is 10.00 Å². The van der Waals surface area contributed by atoms with Gasteiger partial charge in [0.25, 0.3) is 0 Å². The van der Waals surface area contributed by atoms with Crippen LogP contribution in [0.25, 0.3) is 0 Å². The third-order valence-corrected chi connectivity index (χ3v) is 2.33. The van der Waals surface area contributed by atoms with Crippen molar-refractivity contribution in [2.45, 2.75) is 20.4 Å². The average Bonchev–Trinajstić information content (AvgIpc) is 2.22. The van der Waals surface area contributed by atoms with Gasteiger partial charge in [0, 0.05) is 6.54 Å². The topological polar surface area (TPSA) is 36.3 Å². The number of nitriles is 1. The molecule has 0 saturated carbocycles. The van der Waals surface area contributed by atoms with E-state index in [0.717, 1.165) is 17.9 Å². The van der Waals surface area contributed by atoms with Gasteiger partial charge in [0.05, 0.1) is 19.2 Å². The Labute approximate surface area is 97.3 Å². The molecule has 0 radical (unpaired) electrons. The largest absolute Gasteiger partial charge is 0.494 e. The van der Waals surface area contributed by atoms with Crippen LogP contribution in [0, 0.1) is 18.3 Å². The molecule has 0 fully saturated rings. The molecule has 0 unspecified atom stereocenters. The monoisotopic (exact) mass is 218 g/mol. The van der Waals surface area contributed by atoms with Gasteiger partial charge < -0.3 is 4.74 Å². The molecule has 3 nitrogen and oxygen atoms in total. The summed E-state index contributed by atoms with van der Waals surface area (Å²) in [5.41, 5.74) is 2.35. The number of hydrogen-bond donors (Lipinski definition) is 0. The first-order valence-corrected chi connectivity index (χ1v) is 5.45. The third-order valence-electron chi connectivity index (χ3n) is 2.33. The van der Waals surface area contributed by atoms with Crippen LogP contribution in [-0.2, 0) is 6.54 Å². The summed E-state index contributed by atoms with van der Waals surface area (Å²) < 4.78 is 5.48. The number of benzene rings is 1. The van der Waals surface area contributed by atoms with E-state index < -0.39 is 0 Å². The zero-order chi connectivity index (χ0) is 12.0. The highest BCUT2D eigenvalue weighted by Gasteiger charge is 2.03. The highest BCUT2D eigenvalue weighted by Crippen LogP contribution is 2.19. The second kappa shape index (κ2) is 6.14. The van der Waals surface area contributed by atoms with E-state index in [0.29, 0.717) is 13.2 Å². The van der Waals surface area contributed by atoms with Gasteiger partial charge in [-0.15, -0.1) is 0 Å². The molecule has 0 aliphatic rings. The number of ether oxygens (including phenoxy) is 1. The van der Waals surface area contributed by atoms with E-state index in [-0.39, 0.29) is 0 Å². The fourth-order valence-electron chi connectivity index (χ4n) is 1.62. The first-order valence-electron chi connectivity index (χ1n) is 5.45. The van der Waals surface area contributed by atoms with Gasteiger partial charge in [-0.3, -0.25) is 4.90 Å². The molecule has 0 spiro atoms. The van der Waals surface area contributed by atoms with Crippen LogP contribution < -0.4 is 4.74 Å². The maximum atomic E-state index is 8.57. The van der Waals surface area contributed by atoms with Gasteiger partial charge in [0.1, 0.15) is 5.75 Å². The third kappa shape index (κ3) is 3.56. The summed E-state index contributed by atoms with van der Waals surface area (Å²) in [5.74, 6) is 0.939. The number of nitrogens with zero attached hydrogens (tertiary/aromatic N) is 2. The van der Waals surface area contributed by atoms with Crippen molar-refractivity contribution in [1.29, 1.82) is 5.26 Å². The molecule has 1 aromatic rings. The Balaban J connectivity index is 2.70. The quantitative estimate of drug-likeness (QED) is 0.712. The lowest BCUT2D eigenvalue weighted by Gasteiger charge is -2.14. The predicted molar refractivity (Wildman–Crippen MR) is 64.3 cm³/mol. The Morgan fingerprint density at radius 2 is 2.19 bits per heavy atom. The molecule has 0 aliphatic carbocycles. The van der Waals surface area contributed by atoms with Crippen LogP contribution in [-0.4, -0.2) is 25.1 Å². The molecule has 0 atom stereocenters. The molecule has 16 heavy (non-hydrogen) atoms. The SMILES string of the molecule is CCOc1ccc(CN(C)CC#N)cc1C. The maximum absolute atomic E-state index is 8.57. The molecule has 0 N–H and O–H groups in total. The van der Waals surface area contributed by atoms with E-state index >= 15 is 0 Å². The van der Waals surface area contributed by atoms with Crippen LogP contribution in [0.5, 0.6) is 5.75 Å². The second-order valence-electron chi connectivity index (χ2n) is 3.86. The lowest BCUT2D eigenvalue weighted by atomic mass is 10.1. The van der Waals surface area contributed by atoms with Gasteiger partial charge in [0.2, 0.25) is 0 Å². The average molecular weight is 218 g/mol. The molecular weight excluding hydrogens is 200 g/mol. The van der Waals surface area contributed by atoms with Gasteiger partial charge in [-0.2, -0.15) is 5.26 Å². The summed E-state index contributed by atoms with van der Waals surface area (Å²) in [6.45, 7) is 5.95. The molecule has 1 aromatic carbocycles. The van der Waals surface area contributed by atoms with Gasteiger partial charge in [-0.05, 0) is 38.1 Å². The van der Waals surface area contributed by atoms with Crippen molar-refractivity contribution >= 4 is 0 Å². The van der Waals surface area contributed by atoms with Crippen LogP contribution in [0.15, 0.2) is 18.2 Å². The normalized spacial score (nSPS) is 10.2. The first kappa shape index (κ1) is 12.5. The summed E-state index contributed by atoms with van der Waals surface area (Å²) >= 11 is 0. The van der Waals surface area contributed by atoms with Crippen molar-refractivity contribution in [2.24, 2.45) is 0 Å². The summed E-state index contributed by atoms with van der Waals surface area (Å²) in [6, 6.07) is 8.29. The maximum Gasteiger partial charge on any atom is 0.122 e. The van der Waals surface area contributed by atoms with E-state index in [1.807, 2.05) is 37.9 Å². The smallest absolute Gasteiger partial charge is 0.122 e. The molecule has 0 aliphatic heterocycles. The van der Waals surface area contributed by atoms with Crippen LogP contribution in [0.2, 0.25) is 0 Å². The van der Waals surface area contributed by atoms with Crippen LogP contribution >= 0.6 is 0 Å². The summed E-state index contributed by atoms with van der Waals surface area (Å²) in [4.78, 5) is 1.98. The van der Waals surface area contributed by atoms with Crippen LogP contribution in [0.4, 0.5) is 0 Å². The van der Waals surface area contributed by atoms with Crippen LogP contribution in [0.1, 0.15) is 18.1 Å². The number of hydrogen-bond acceptors (Lipinski definition) is 3. The lowest BCUT2D eigenvalue weighted by Crippen LogP contribution is -2.17. The van der Waals surface area contributed by atoms with Gasteiger partial charge >= 0.3 is 0 Å². The van der Waals surface area contributed by atoms with E-state index in [1.54, 1.807) is 0 Å². The standard InChI is InChI=1S/C13H18N2O/c1-4-16-13-6-5-12(9-11(13)2)10-15(3)8-7-14/h5-6,9H,4,8,10H2,1-3H3. The fraction of sp³-hybridized carbons (Fsp3) is 0.462. The van der Waals surface area contributed by atoms with Gasteiger partial charge in [0.15, 0.2) is 0 Å². The second-order valence-corrected chi connectivity index (χ2v) is 3.86. The molecule has 1 rings (SSSR count). The van der Waals surface area contributed by atoms with Crippen molar-refractivity contribution in [2.75, 3.05) is 20.2 Å². The zero-order valence-electron chi connectivity index (χ0n) is 10.2. The van der Waals surface area contributed by atoms with Crippen molar-refractivity contribution in [3.8, 4) is 11.8 Å². The fourth-order valence-corrected chi connectivity index (χ4v) is 1.62.